The van der Waals surface area contributed by atoms with Gasteiger partial charge in [0.2, 0.25) is 0 Å². The molecule has 1 fully saturated rings. The highest BCUT2D eigenvalue weighted by atomic mass is 32.2. The summed E-state index contributed by atoms with van der Waals surface area (Å²) >= 11 is 0. The van der Waals surface area contributed by atoms with Crippen molar-refractivity contribution in [3.63, 3.8) is 0 Å². The lowest BCUT2D eigenvalue weighted by Gasteiger charge is -2.33. The molecule has 3 rings (SSSR count). The molecular formula is C21H30N4O2S. The predicted molar refractivity (Wildman–Crippen MR) is 115 cm³/mol. The number of nitrogens with one attached hydrogen (secondary N) is 1. The lowest BCUT2D eigenvalue weighted by molar-refractivity contribution is 0.312. The van der Waals surface area contributed by atoms with Gasteiger partial charge in [-0.1, -0.05) is 0 Å². The first-order chi connectivity index (χ1) is 13.1. The van der Waals surface area contributed by atoms with Crippen LogP contribution in [0.3, 0.4) is 0 Å². The number of rotatable bonds is 4. The van der Waals surface area contributed by atoms with E-state index in [1.807, 2.05) is 40.7 Å². The zero-order chi connectivity index (χ0) is 20.6. The summed E-state index contributed by atoms with van der Waals surface area (Å²) in [5.41, 5.74) is 5.27. The molecule has 0 radical (unpaired) electrons. The summed E-state index contributed by atoms with van der Waals surface area (Å²) in [5.74, 6) is 0.880. The Bertz CT molecular complexity index is 947. The minimum Gasteiger partial charge on any atom is -0.354 e. The SMILES string of the molecule is Cc1c(C)c(C)c(S(=O)(=O)Nc2ccc(N3CCN(C)CC3)nc2)c(C)c1C. The summed E-state index contributed by atoms with van der Waals surface area (Å²) in [6.07, 6.45) is 1.60. The van der Waals surface area contributed by atoms with Crippen LogP contribution in [-0.2, 0) is 10.0 Å². The molecule has 7 heteroatoms. The van der Waals surface area contributed by atoms with Gasteiger partial charge in [-0.2, -0.15) is 0 Å². The number of likely N-dealkylation sites (N-methyl/N-ethyl adjacent to an activating group) is 1. The third kappa shape index (κ3) is 3.86. The van der Waals surface area contributed by atoms with Crippen LogP contribution in [0.25, 0.3) is 0 Å². The molecule has 152 valence electrons. The van der Waals surface area contributed by atoms with Crippen LogP contribution in [0.5, 0.6) is 0 Å². The Kier molecular flexibility index (Phi) is 5.68. The second-order valence-electron chi connectivity index (χ2n) is 7.76. The Morgan fingerprint density at radius 2 is 1.39 bits per heavy atom. The standard InChI is InChI=1S/C21H30N4O2S/c1-14-15(2)17(4)21(18(5)16(14)3)28(26,27)23-19-7-8-20(22-13-19)25-11-9-24(6)10-12-25/h7-8,13,23H,9-12H2,1-6H3. The summed E-state index contributed by atoms with van der Waals surface area (Å²) in [6, 6.07) is 3.67. The summed E-state index contributed by atoms with van der Waals surface area (Å²) in [6.45, 7) is 13.6. The first kappa shape index (κ1) is 20.6. The van der Waals surface area contributed by atoms with Gasteiger partial charge in [0.15, 0.2) is 0 Å². The number of anilines is 2. The molecule has 1 aromatic heterocycles. The van der Waals surface area contributed by atoms with Crippen LogP contribution in [-0.4, -0.2) is 51.5 Å². The van der Waals surface area contributed by atoms with Crippen molar-refractivity contribution >= 4 is 21.5 Å². The molecule has 1 aromatic carbocycles. The van der Waals surface area contributed by atoms with Crippen molar-refractivity contribution in [2.45, 2.75) is 39.5 Å². The molecule has 2 heterocycles. The van der Waals surface area contributed by atoms with Crippen LogP contribution in [0.4, 0.5) is 11.5 Å². The fourth-order valence-corrected chi connectivity index (χ4v) is 5.39. The van der Waals surface area contributed by atoms with E-state index in [1.54, 1.807) is 12.3 Å². The highest BCUT2D eigenvalue weighted by molar-refractivity contribution is 7.92. The average molecular weight is 403 g/mol. The molecule has 1 aliphatic heterocycles. The Balaban J connectivity index is 1.86. The highest BCUT2D eigenvalue weighted by Crippen LogP contribution is 2.30. The van der Waals surface area contributed by atoms with Gasteiger partial charge in [0, 0.05) is 26.2 Å². The summed E-state index contributed by atoms with van der Waals surface area (Å²) < 4.78 is 29.0. The summed E-state index contributed by atoms with van der Waals surface area (Å²) in [4.78, 5) is 9.36. The van der Waals surface area contributed by atoms with Crippen LogP contribution >= 0.6 is 0 Å². The average Bonchev–Trinajstić information content (AvgIpc) is 2.66. The van der Waals surface area contributed by atoms with Crippen molar-refractivity contribution in [3.05, 3.63) is 46.1 Å². The summed E-state index contributed by atoms with van der Waals surface area (Å²) in [7, 11) is -1.58. The fourth-order valence-electron chi connectivity index (χ4n) is 3.74. The van der Waals surface area contributed by atoms with Crippen molar-refractivity contribution in [2.75, 3.05) is 42.8 Å². The topological polar surface area (TPSA) is 65.5 Å². The van der Waals surface area contributed by atoms with Gasteiger partial charge in [0.25, 0.3) is 10.0 Å². The second kappa shape index (κ2) is 7.72. The first-order valence-electron chi connectivity index (χ1n) is 9.61. The Hall–Kier alpha value is -2.12. The zero-order valence-electron chi connectivity index (χ0n) is 17.6. The molecule has 1 N–H and O–H groups in total. The van der Waals surface area contributed by atoms with Gasteiger partial charge in [-0.05, 0) is 81.6 Å². The van der Waals surface area contributed by atoms with Gasteiger partial charge in [0.05, 0.1) is 16.8 Å². The monoisotopic (exact) mass is 402 g/mol. The quantitative estimate of drug-likeness (QED) is 0.851. The molecule has 0 saturated carbocycles. The Morgan fingerprint density at radius 1 is 0.857 bits per heavy atom. The molecule has 0 aliphatic carbocycles. The number of pyridine rings is 1. The third-order valence-corrected chi connectivity index (χ3v) is 7.68. The highest BCUT2D eigenvalue weighted by Gasteiger charge is 2.24. The lowest BCUT2D eigenvalue weighted by Crippen LogP contribution is -2.44. The van der Waals surface area contributed by atoms with Gasteiger partial charge >= 0.3 is 0 Å². The van der Waals surface area contributed by atoms with Crippen LogP contribution in [0.1, 0.15) is 27.8 Å². The van der Waals surface area contributed by atoms with Gasteiger partial charge in [0.1, 0.15) is 5.82 Å². The molecule has 28 heavy (non-hydrogen) atoms. The molecular weight excluding hydrogens is 372 g/mol. The number of sulfonamides is 1. The van der Waals surface area contributed by atoms with Crippen molar-refractivity contribution in [1.82, 2.24) is 9.88 Å². The summed E-state index contributed by atoms with van der Waals surface area (Å²) in [5, 5.41) is 0. The fraction of sp³-hybridized carbons (Fsp3) is 0.476. The van der Waals surface area contributed by atoms with Crippen molar-refractivity contribution < 1.29 is 8.42 Å². The number of benzene rings is 1. The van der Waals surface area contributed by atoms with E-state index >= 15 is 0 Å². The van der Waals surface area contributed by atoms with E-state index in [0.717, 1.165) is 59.8 Å². The maximum atomic E-state index is 13.1. The molecule has 0 atom stereocenters. The van der Waals surface area contributed by atoms with Crippen molar-refractivity contribution in [2.24, 2.45) is 0 Å². The largest absolute Gasteiger partial charge is 0.354 e. The van der Waals surface area contributed by atoms with Crippen LogP contribution in [0.15, 0.2) is 23.2 Å². The first-order valence-corrected chi connectivity index (χ1v) is 11.1. The normalized spacial score (nSPS) is 15.7. The van der Waals surface area contributed by atoms with Crippen LogP contribution < -0.4 is 9.62 Å². The molecule has 0 amide bonds. The van der Waals surface area contributed by atoms with Crippen LogP contribution in [0.2, 0.25) is 0 Å². The minimum absolute atomic E-state index is 0.372. The molecule has 0 unspecified atom stereocenters. The molecule has 0 spiro atoms. The maximum absolute atomic E-state index is 13.1. The van der Waals surface area contributed by atoms with E-state index in [0.29, 0.717) is 10.6 Å². The van der Waals surface area contributed by atoms with E-state index in [1.165, 1.54) is 0 Å². The smallest absolute Gasteiger partial charge is 0.262 e. The van der Waals surface area contributed by atoms with E-state index in [9.17, 15) is 8.42 Å². The third-order valence-electron chi connectivity index (χ3n) is 6.03. The number of hydrogen-bond acceptors (Lipinski definition) is 5. The minimum atomic E-state index is -3.69. The van der Waals surface area contributed by atoms with E-state index < -0.39 is 10.0 Å². The Morgan fingerprint density at radius 3 is 1.89 bits per heavy atom. The molecule has 1 saturated heterocycles. The maximum Gasteiger partial charge on any atom is 0.262 e. The van der Waals surface area contributed by atoms with Gasteiger partial charge in [-0.15, -0.1) is 0 Å². The number of hydrogen-bond donors (Lipinski definition) is 1. The predicted octanol–water partition coefficient (Wildman–Crippen LogP) is 3.18. The van der Waals surface area contributed by atoms with Gasteiger partial charge in [-0.25, -0.2) is 13.4 Å². The molecule has 1 aliphatic rings. The number of aromatic nitrogens is 1. The van der Waals surface area contributed by atoms with Crippen molar-refractivity contribution in [1.29, 1.82) is 0 Å². The number of piperazine rings is 1. The molecule has 2 aromatic rings. The van der Waals surface area contributed by atoms with Crippen molar-refractivity contribution in [3.8, 4) is 0 Å². The van der Waals surface area contributed by atoms with Gasteiger partial charge in [-0.3, -0.25) is 4.72 Å². The van der Waals surface area contributed by atoms with Crippen LogP contribution in [0, 0.1) is 34.6 Å². The molecule has 6 nitrogen and oxygen atoms in total. The van der Waals surface area contributed by atoms with Gasteiger partial charge < -0.3 is 9.80 Å². The second-order valence-corrected chi connectivity index (χ2v) is 9.37. The van der Waals surface area contributed by atoms with E-state index in [4.69, 9.17) is 0 Å². The Labute approximate surface area is 168 Å². The molecule has 0 bridgehead atoms. The lowest BCUT2D eigenvalue weighted by atomic mass is 9.95. The zero-order valence-corrected chi connectivity index (χ0v) is 18.4. The van der Waals surface area contributed by atoms with E-state index in [-0.39, 0.29) is 0 Å². The van der Waals surface area contributed by atoms with E-state index in [2.05, 4.69) is 26.6 Å². The number of nitrogens with zero attached hydrogens (tertiary/aromatic N) is 3.